The second kappa shape index (κ2) is 9.33. The van der Waals surface area contributed by atoms with Gasteiger partial charge in [0.25, 0.3) is 0 Å². The maximum absolute atomic E-state index is 11.7. The van der Waals surface area contributed by atoms with Crippen LogP contribution >= 0.6 is 0 Å². The lowest BCUT2D eigenvalue weighted by Gasteiger charge is -2.30. The topological polar surface area (TPSA) is 65.0 Å². The van der Waals surface area contributed by atoms with E-state index in [9.17, 15) is 9.90 Å². The Morgan fingerprint density at radius 1 is 1.28 bits per heavy atom. The largest absolute Gasteiger partial charge is 0.462 e. The number of aliphatic hydroxyl groups excluding tert-OH is 1. The van der Waals surface area contributed by atoms with Crippen LogP contribution in [-0.4, -0.2) is 42.3 Å². The number of carbonyl (C=O) groups is 1. The van der Waals surface area contributed by atoms with Gasteiger partial charge in [-0.25, -0.2) is 0 Å². The lowest BCUT2D eigenvalue weighted by molar-refractivity contribution is -0.197. The van der Waals surface area contributed by atoms with Crippen molar-refractivity contribution in [2.45, 2.75) is 102 Å². The Bertz CT molecular complexity index is 420. The van der Waals surface area contributed by atoms with Crippen molar-refractivity contribution in [3.63, 3.8) is 0 Å². The van der Waals surface area contributed by atoms with Gasteiger partial charge in [-0.05, 0) is 44.4 Å². The van der Waals surface area contributed by atoms with Crippen molar-refractivity contribution in [3.8, 4) is 0 Å². The lowest BCUT2D eigenvalue weighted by Crippen LogP contribution is -2.31. The Hall–Kier alpha value is -0.650. The lowest BCUT2D eigenvalue weighted by atomic mass is 9.87. The third-order valence-electron chi connectivity index (χ3n) is 6.07. The molecule has 1 N–H and O–H groups in total. The van der Waals surface area contributed by atoms with Gasteiger partial charge in [0, 0.05) is 18.9 Å². The maximum Gasteiger partial charge on any atom is 0.306 e. The minimum atomic E-state index is -0.166. The summed E-state index contributed by atoms with van der Waals surface area (Å²) in [7, 11) is 0. The van der Waals surface area contributed by atoms with Crippen molar-refractivity contribution in [1.29, 1.82) is 0 Å². The smallest absolute Gasteiger partial charge is 0.306 e. The molecule has 144 valence electrons. The minimum absolute atomic E-state index is 0.0387. The van der Waals surface area contributed by atoms with Gasteiger partial charge in [0.1, 0.15) is 6.10 Å². The highest BCUT2D eigenvalue weighted by atomic mass is 16.7. The zero-order valence-electron chi connectivity index (χ0n) is 15.5. The summed E-state index contributed by atoms with van der Waals surface area (Å²) in [5.74, 6) is 0.637. The molecule has 3 aliphatic rings. The predicted molar refractivity (Wildman–Crippen MR) is 93.9 cm³/mol. The number of unbranched alkanes of at least 4 members (excludes halogenated alkanes) is 1. The van der Waals surface area contributed by atoms with Crippen LogP contribution in [0.1, 0.15) is 77.6 Å². The second-order valence-electron chi connectivity index (χ2n) is 7.99. The number of esters is 1. The zero-order valence-corrected chi connectivity index (χ0v) is 15.5. The third kappa shape index (κ3) is 5.18. The summed E-state index contributed by atoms with van der Waals surface area (Å²) >= 11 is 0. The molecule has 6 atom stereocenters. The molecular formula is C20H34O5. The molecule has 5 heteroatoms. The summed E-state index contributed by atoms with van der Waals surface area (Å²) in [6, 6.07) is 0. The van der Waals surface area contributed by atoms with Gasteiger partial charge in [-0.15, -0.1) is 0 Å². The van der Waals surface area contributed by atoms with E-state index in [1.807, 2.05) is 0 Å². The van der Waals surface area contributed by atoms with E-state index in [1.165, 1.54) is 6.42 Å². The summed E-state index contributed by atoms with van der Waals surface area (Å²) in [4.78, 5) is 11.7. The first-order valence-corrected chi connectivity index (χ1v) is 10.3. The van der Waals surface area contributed by atoms with Gasteiger partial charge < -0.3 is 19.3 Å². The fraction of sp³-hybridized carbons (Fsp3) is 0.950. The van der Waals surface area contributed by atoms with Gasteiger partial charge in [-0.2, -0.15) is 0 Å². The molecule has 0 aromatic carbocycles. The van der Waals surface area contributed by atoms with Crippen molar-refractivity contribution < 1.29 is 24.1 Å². The molecule has 3 rings (SSSR count). The maximum atomic E-state index is 11.7. The predicted octanol–water partition coefficient (Wildman–Crippen LogP) is 3.57. The highest BCUT2D eigenvalue weighted by molar-refractivity contribution is 5.72. The van der Waals surface area contributed by atoms with E-state index in [-0.39, 0.29) is 30.6 Å². The Morgan fingerprint density at radius 2 is 2.16 bits per heavy atom. The summed E-state index contributed by atoms with van der Waals surface area (Å²) in [6.07, 6.45) is 10.5. The van der Waals surface area contributed by atoms with Crippen LogP contribution in [0.5, 0.6) is 0 Å². The minimum Gasteiger partial charge on any atom is -0.462 e. The molecule has 2 saturated heterocycles. The molecule has 2 aliphatic heterocycles. The fourth-order valence-corrected chi connectivity index (χ4v) is 4.77. The van der Waals surface area contributed by atoms with Crippen LogP contribution in [0.25, 0.3) is 0 Å². The van der Waals surface area contributed by atoms with E-state index in [1.54, 1.807) is 0 Å². The molecule has 0 radical (unpaired) electrons. The standard InChI is InChI=1S/C20H34O5/c1-2-7-14(21)8-3-4-9-15-16-12-19(22)24-18(16)13-17(15)25-20-10-5-6-11-23-20/h14-18,20-21H,2-13H2,1H3/t14?,15-,16-,17-,18+,20?/m1/s1. The van der Waals surface area contributed by atoms with Gasteiger partial charge in [0.2, 0.25) is 0 Å². The fourth-order valence-electron chi connectivity index (χ4n) is 4.77. The Labute approximate surface area is 151 Å². The van der Waals surface area contributed by atoms with E-state index in [0.29, 0.717) is 18.3 Å². The summed E-state index contributed by atoms with van der Waals surface area (Å²) < 4.78 is 17.6. The molecule has 0 amide bonds. The second-order valence-corrected chi connectivity index (χ2v) is 7.99. The number of rotatable bonds is 9. The average molecular weight is 354 g/mol. The van der Waals surface area contributed by atoms with Gasteiger partial charge in [-0.1, -0.05) is 26.2 Å². The highest BCUT2D eigenvalue weighted by Crippen LogP contribution is 2.45. The van der Waals surface area contributed by atoms with E-state index in [2.05, 4.69) is 6.92 Å². The molecule has 5 nitrogen and oxygen atoms in total. The Balaban J connectivity index is 1.49. The van der Waals surface area contributed by atoms with Crippen LogP contribution in [0.4, 0.5) is 0 Å². The van der Waals surface area contributed by atoms with Gasteiger partial charge in [0.05, 0.1) is 18.6 Å². The van der Waals surface area contributed by atoms with E-state index >= 15 is 0 Å². The van der Waals surface area contributed by atoms with Crippen LogP contribution in [-0.2, 0) is 19.0 Å². The van der Waals surface area contributed by atoms with Crippen molar-refractivity contribution >= 4 is 5.97 Å². The first-order chi connectivity index (χ1) is 12.2. The SMILES string of the molecule is CCCC(O)CCCC[C@@H]1[C@H]2CC(=O)O[C@H]2C[C@H]1OC1CCCCO1. The molecule has 25 heavy (non-hydrogen) atoms. The molecule has 0 bridgehead atoms. The normalized spacial score (nSPS) is 36.2. The number of aliphatic hydroxyl groups is 1. The molecule has 1 saturated carbocycles. The summed E-state index contributed by atoms with van der Waals surface area (Å²) in [5.41, 5.74) is 0. The van der Waals surface area contributed by atoms with E-state index in [4.69, 9.17) is 14.2 Å². The summed E-state index contributed by atoms with van der Waals surface area (Å²) in [5, 5.41) is 9.89. The van der Waals surface area contributed by atoms with Crippen molar-refractivity contribution in [2.75, 3.05) is 6.61 Å². The van der Waals surface area contributed by atoms with Crippen LogP contribution in [0, 0.1) is 11.8 Å². The summed E-state index contributed by atoms with van der Waals surface area (Å²) in [6.45, 7) is 2.90. The number of hydrogen-bond donors (Lipinski definition) is 1. The van der Waals surface area contributed by atoms with E-state index < -0.39 is 0 Å². The van der Waals surface area contributed by atoms with Crippen LogP contribution in [0.2, 0.25) is 0 Å². The molecular weight excluding hydrogens is 320 g/mol. The first kappa shape index (κ1) is 19.1. The van der Waals surface area contributed by atoms with E-state index in [0.717, 1.165) is 64.4 Å². The molecule has 0 aromatic heterocycles. The molecule has 0 spiro atoms. The number of carbonyl (C=O) groups excluding carboxylic acids is 1. The molecule has 2 unspecified atom stereocenters. The molecule has 2 heterocycles. The highest BCUT2D eigenvalue weighted by Gasteiger charge is 2.50. The molecule has 1 aliphatic carbocycles. The van der Waals surface area contributed by atoms with Gasteiger partial charge >= 0.3 is 5.97 Å². The third-order valence-corrected chi connectivity index (χ3v) is 6.07. The van der Waals surface area contributed by atoms with Crippen molar-refractivity contribution in [1.82, 2.24) is 0 Å². The number of fused-ring (bicyclic) bond motifs is 1. The average Bonchev–Trinajstić information content (AvgIpc) is 3.09. The Kier molecular flexibility index (Phi) is 7.14. The quantitative estimate of drug-likeness (QED) is 0.506. The van der Waals surface area contributed by atoms with Crippen LogP contribution < -0.4 is 0 Å². The Morgan fingerprint density at radius 3 is 2.92 bits per heavy atom. The van der Waals surface area contributed by atoms with Crippen molar-refractivity contribution in [3.05, 3.63) is 0 Å². The zero-order chi connectivity index (χ0) is 17.6. The van der Waals surface area contributed by atoms with Crippen LogP contribution in [0.15, 0.2) is 0 Å². The van der Waals surface area contributed by atoms with Gasteiger partial charge in [0.15, 0.2) is 6.29 Å². The van der Waals surface area contributed by atoms with Crippen molar-refractivity contribution in [2.24, 2.45) is 11.8 Å². The molecule has 3 fully saturated rings. The van der Waals surface area contributed by atoms with Gasteiger partial charge in [-0.3, -0.25) is 4.79 Å². The number of ether oxygens (including phenoxy) is 3. The first-order valence-electron chi connectivity index (χ1n) is 10.3. The molecule has 0 aromatic rings. The van der Waals surface area contributed by atoms with Crippen LogP contribution in [0.3, 0.4) is 0 Å². The number of hydrogen-bond acceptors (Lipinski definition) is 5. The monoisotopic (exact) mass is 354 g/mol.